The Hall–Kier alpha value is -2.90. The van der Waals surface area contributed by atoms with E-state index in [2.05, 4.69) is 5.32 Å². The summed E-state index contributed by atoms with van der Waals surface area (Å²) in [5, 5.41) is 2.80. The van der Waals surface area contributed by atoms with Crippen molar-refractivity contribution in [2.24, 2.45) is 0 Å². The Morgan fingerprint density at radius 3 is 1.48 bits per heavy atom. The number of sulfone groups is 2. The highest BCUT2D eigenvalue weighted by Gasteiger charge is 2.33. The van der Waals surface area contributed by atoms with E-state index in [0.717, 1.165) is 17.3 Å². The summed E-state index contributed by atoms with van der Waals surface area (Å²) in [5.74, 6) is 0. The van der Waals surface area contributed by atoms with Crippen molar-refractivity contribution in [3.63, 3.8) is 0 Å². The summed E-state index contributed by atoms with van der Waals surface area (Å²) in [4.78, 5) is -0.167. The number of hydrogen-bond acceptors (Lipinski definition) is 5. The molecule has 7 heteroatoms. The maximum absolute atomic E-state index is 13.3. The smallest absolute Gasteiger partial charge is 0.219 e. The van der Waals surface area contributed by atoms with Crippen LogP contribution in [0.4, 0.5) is 5.69 Å². The molecule has 0 saturated heterocycles. The molecule has 3 rings (SSSR count). The fraction of sp³-hybridized carbons (Fsp3) is 0.0909. The molecule has 0 amide bonds. The molecular formula is C22H21NO4S2. The summed E-state index contributed by atoms with van der Waals surface area (Å²) in [6.45, 7) is 3.65. The molecule has 150 valence electrons. The van der Waals surface area contributed by atoms with Gasteiger partial charge in [0.05, 0.1) is 9.79 Å². The third-order valence-corrected chi connectivity index (χ3v) is 8.72. The first-order valence-electron chi connectivity index (χ1n) is 8.86. The van der Waals surface area contributed by atoms with Gasteiger partial charge >= 0.3 is 0 Å². The average Bonchev–Trinajstić information content (AvgIpc) is 2.69. The Morgan fingerprint density at radius 1 is 0.655 bits per heavy atom. The van der Waals surface area contributed by atoms with Crippen molar-refractivity contribution in [2.75, 3.05) is 5.32 Å². The van der Waals surface area contributed by atoms with Crippen LogP contribution in [0, 0.1) is 13.8 Å². The number of rotatable bonds is 6. The van der Waals surface area contributed by atoms with Crippen molar-refractivity contribution in [3.8, 4) is 0 Å². The van der Waals surface area contributed by atoms with Crippen LogP contribution in [0.15, 0.2) is 99.1 Å². The quantitative estimate of drug-likeness (QED) is 0.628. The predicted octanol–water partition coefficient (Wildman–Crippen LogP) is 4.46. The topological polar surface area (TPSA) is 80.3 Å². The van der Waals surface area contributed by atoms with Crippen LogP contribution in [0.3, 0.4) is 0 Å². The average molecular weight is 428 g/mol. The normalized spacial score (nSPS) is 11.7. The Labute approximate surface area is 171 Å². The zero-order valence-electron chi connectivity index (χ0n) is 16.0. The van der Waals surface area contributed by atoms with Crippen molar-refractivity contribution in [1.82, 2.24) is 0 Å². The maximum Gasteiger partial charge on any atom is 0.219 e. The van der Waals surface area contributed by atoms with Crippen LogP contribution in [-0.4, -0.2) is 16.8 Å². The molecule has 3 aromatic rings. The summed E-state index contributed by atoms with van der Waals surface area (Å²) < 4.78 is 52.4. The standard InChI is InChI=1S/C22H21NO4S2/c1-17-8-12-20(13-9-17)28(24,25)22(16-23-19-6-4-3-5-7-19)29(26,27)21-14-10-18(2)11-15-21/h3-16,23H,1-2H3. The van der Waals surface area contributed by atoms with E-state index >= 15 is 0 Å². The number of aryl methyl sites for hydroxylation is 2. The van der Waals surface area contributed by atoms with Gasteiger partial charge in [0.25, 0.3) is 0 Å². The van der Waals surface area contributed by atoms with Crippen LogP contribution in [0.25, 0.3) is 0 Å². The van der Waals surface area contributed by atoms with Gasteiger partial charge in [-0.3, -0.25) is 0 Å². The van der Waals surface area contributed by atoms with E-state index in [4.69, 9.17) is 0 Å². The molecular weight excluding hydrogens is 406 g/mol. The molecule has 1 N–H and O–H groups in total. The minimum Gasteiger partial charge on any atom is -0.360 e. The molecule has 0 spiro atoms. The summed E-state index contributed by atoms with van der Waals surface area (Å²) in [6, 6.07) is 20.9. The Kier molecular flexibility index (Phi) is 5.91. The summed E-state index contributed by atoms with van der Waals surface area (Å²) >= 11 is 0. The molecule has 5 nitrogen and oxygen atoms in total. The molecule has 0 radical (unpaired) electrons. The first kappa shape index (κ1) is 20.8. The van der Waals surface area contributed by atoms with E-state index in [-0.39, 0.29) is 9.79 Å². The van der Waals surface area contributed by atoms with Gasteiger partial charge in [0.2, 0.25) is 19.7 Å². The third-order valence-electron chi connectivity index (χ3n) is 4.32. The van der Waals surface area contributed by atoms with Crippen molar-refractivity contribution in [3.05, 3.63) is 100 Å². The van der Waals surface area contributed by atoms with Gasteiger partial charge in [0.1, 0.15) is 0 Å². The fourth-order valence-electron chi connectivity index (χ4n) is 2.64. The second kappa shape index (κ2) is 8.23. The first-order chi connectivity index (χ1) is 13.7. The fourth-order valence-corrected chi connectivity index (χ4v) is 6.26. The van der Waals surface area contributed by atoms with Gasteiger partial charge in [0, 0.05) is 11.9 Å². The Bertz CT molecular complexity index is 1150. The SMILES string of the molecule is Cc1ccc(S(=O)(=O)C(=CNc2ccccc2)S(=O)(=O)c2ccc(C)cc2)cc1. The van der Waals surface area contributed by atoms with Crippen LogP contribution in [0.5, 0.6) is 0 Å². The minimum absolute atomic E-state index is 0.0834. The Balaban J connectivity index is 2.16. The molecule has 0 heterocycles. The van der Waals surface area contributed by atoms with E-state index in [1.807, 2.05) is 19.9 Å². The van der Waals surface area contributed by atoms with Crippen LogP contribution in [0.1, 0.15) is 11.1 Å². The highest BCUT2D eigenvalue weighted by atomic mass is 32.3. The van der Waals surface area contributed by atoms with Gasteiger partial charge in [-0.05, 0) is 50.2 Å². The number of anilines is 1. The van der Waals surface area contributed by atoms with Gasteiger partial charge in [-0.1, -0.05) is 53.6 Å². The number of nitrogens with one attached hydrogen (secondary N) is 1. The number of benzene rings is 3. The molecule has 0 aliphatic rings. The molecule has 0 atom stereocenters. The first-order valence-corrected chi connectivity index (χ1v) is 11.8. The van der Waals surface area contributed by atoms with Gasteiger partial charge < -0.3 is 5.32 Å². The lowest BCUT2D eigenvalue weighted by molar-refractivity contribution is 0.595. The zero-order chi connectivity index (χ0) is 21.1. The van der Waals surface area contributed by atoms with E-state index in [1.54, 1.807) is 48.5 Å². The lowest BCUT2D eigenvalue weighted by Gasteiger charge is -2.12. The monoisotopic (exact) mass is 427 g/mol. The van der Waals surface area contributed by atoms with Crippen LogP contribution < -0.4 is 5.32 Å². The van der Waals surface area contributed by atoms with Gasteiger partial charge in [-0.25, -0.2) is 16.8 Å². The molecule has 0 aromatic heterocycles. The molecule has 29 heavy (non-hydrogen) atoms. The minimum atomic E-state index is -4.29. The second-order valence-corrected chi connectivity index (χ2v) is 10.7. The Morgan fingerprint density at radius 2 is 1.07 bits per heavy atom. The molecule has 0 aliphatic carbocycles. The van der Waals surface area contributed by atoms with E-state index in [1.165, 1.54) is 24.3 Å². The largest absolute Gasteiger partial charge is 0.360 e. The lowest BCUT2D eigenvalue weighted by Crippen LogP contribution is -2.16. The molecule has 0 unspecified atom stereocenters. The molecule has 3 aromatic carbocycles. The van der Waals surface area contributed by atoms with Crippen LogP contribution in [-0.2, 0) is 19.7 Å². The second-order valence-electron chi connectivity index (χ2n) is 6.61. The van der Waals surface area contributed by atoms with Crippen molar-refractivity contribution < 1.29 is 16.8 Å². The zero-order valence-corrected chi connectivity index (χ0v) is 17.7. The van der Waals surface area contributed by atoms with E-state index in [9.17, 15) is 16.8 Å². The highest BCUT2D eigenvalue weighted by molar-refractivity contribution is 8.14. The van der Waals surface area contributed by atoms with Gasteiger partial charge in [0.15, 0.2) is 4.24 Å². The lowest BCUT2D eigenvalue weighted by atomic mass is 10.2. The van der Waals surface area contributed by atoms with E-state index in [0.29, 0.717) is 5.69 Å². The highest BCUT2D eigenvalue weighted by Crippen LogP contribution is 2.29. The van der Waals surface area contributed by atoms with Crippen molar-refractivity contribution in [1.29, 1.82) is 0 Å². The van der Waals surface area contributed by atoms with Gasteiger partial charge in [-0.2, -0.15) is 0 Å². The number of hydrogen-bond donors (Lipinski definition) is 1. The molecule has 0 saturated carbocycles. The van der Waals surface area contributed by atoms with Crippen LogP contribution in [0.2, 0.25) is 0 Å². The maximum atomic E-state index is 13.3. The third kappa shape index (κ3) is 4.58. The summed E-state index contributed by atoms with van der Waals surface area (Å²) in [6.07, 6.45) is 1.04. The summed E-state index contributed by atoms with van der Waals surface area (Å²) in [5.41, 5.74) is 2.32. The van der Waals surface area contributed by atoms with E-state index < -0.39 is 23.9 Å². The molecule has 0 aliphatic heterocycles. The van der Waals surface area contributed by atoms with Crippen LogP contribution >= 0.6 is 0 Å². The molecule has 0 bridgehead atoms. The van der Waals surface area contributed by atoms with Gasteiger partial charge in [-0.15, -0.1) is 0 Å². The molecule has 0 fully saturated rings. The number of para-hydroxylation sites is 1. The van der Waals surface area contributed by atoms with Crippen molar-refractivity contribution in [2.45, 2.75) is 23.6 Å². The predicted molar refractivity (Wildman–Crippen MR) is 115 cm³/mol. The summed E-state index contributed by atoms with van der Waals surface area (Å²) in [7, 11) is -8.59. The van der Waals surface area contributed by atoms with Crippen molar-refractivity contribution >= 4 is 25.4 Å².